The number of carbonyl (C=O) groups excluding carboxylic acids is 2. The Labute approximate surface area is 187 Å². The Hall–Kier alpha value is -1.81. The minimum Gasteiger partial charge on any atom is -0.390 e. The van der Waals surface area contributed by atoms with Gasteiger partial charge < -0.3 is 25.9 Å². The normalized spacial score (nSPS) is 12.3. The van der Waals surface area contributed by atoms with E-state index in [2.05, 4.69) is 37.9 Å². The van der Waals surface area contributed by atoms with E-state index in [0.29, 0.717) is 39.0 Å². The van der Waals surface area contributed by atoms with Crippen LogP contribution in [-0.4, -0.2) is 85.2 Å². The fraction of sp³-hybridized carbons (Fsp3) is 0.773. The monoisotopic (exact) mass is 439 g/mol. The number of nitrogens with one attached hydrogen (secondary N) is 3. The molecule has 1 atom stereocenters. The Morgan fingerprint density at radius 2 is 1.87 bits per heavy atom. The Balaban J connectivity index is 2.17. The van der Waals surface area contributed by atoms with Gasteiger partial charge in [-0.3, -0.25) is 9.69 Å². The molecule has 0 aromatic carbocycles. The first kappa shape index (κ1) is 27.2. The number of ketones is 1. The molecule has 9 heteroatoms. The van der Waals surface area contributed by atoms with Crippen LogP contribution in [0.25, 0.3) is 0 Å². The molecule has 0 spiro atoms. The number of nitrogens with zero attached hydrogens (tertiary/aromatic N) is 3. The number of imidazole rings is 1. The van der Waals surface area contributed by atoms with E-state index in [1.54, 1.807) is 6.92 Å². The topological polar surface area (TPSA) is 103 Å². The molecular formula is C22H43N6O3+. The van der Waals surface area contributed by atoms with Crippen LogP contribution >= 0.6 is 0 Å². The van der Waals surface area contributed by atoms with E-state index in [1.807, 2.05) is 24.9 Å². The Bertz CT molecular complexity index is 622. The number of rotatable bonds is 19. The second-order valence-corrected chi connectivity index (χ2v) is 8.19. The first-order valence-electron chi connectivity index (χ1n) is 11.4. The van der Waals surface area contributed by atoms with Crippen molar-refractivity contribution in [3.63, 3.8) is 0 Å². The van der Waals surface area contributed by atoms with Gasteiger partial charge in [0.25, 0.3) is 0 Å². The number of amides is 1. The van der Waals surface area contributed by atoms with Crippen molar-refractivity contribution >= 4 is 11.7 Å². The molecule has 0 saturated heterocycles. The minimum atomic E-state index is -0.455. The van der Waals surface area contributed by atoms with Gasteiger partial charge in [0.2, 0.25) is 12.2 Å². The summed E-state index contributed by atoms with van der Waals surface area (Å²) in [6, 6.07) is 0. The maximum atomic E-state index is 11.9. The Morgan fingerprint density at radius 1 is 1.13 bits per heavy atom. The van der Waals surface area contributed by atoms with Crippen molar-refractivity contribution in [1.29, 1.82) is 0 Å². The highest BCUT2D eigenvalue weighted by Gasteiger charge is 2.12. The number of unbranched alkanes of at least 4 members (excludes halogenated alkanes) is 1. The lowest BCUT2D eigenvalue weighted by Crippen LogP contribution is -2.44. The molecular weight excluding hydrogens is 396 g/mol. The van der Waals surface area contributed by atoms with Crippen LogP contribution in [0.15, 0.2) is 18.7 Å². The van der Waals surface area contributed by atoms with E-state index >= 15 is 0 Å². The van der Waals surface area contributed by atoms with Crippen LogP contribution in [0.4, 0.5) is 0 Å². The van der Waals surface area contributed by atoms with Crippen molar-refractivity contribution in [3.8, 4) is 0 Å². The van der Waals surface area contributed by atoms with E-state index in [-0.39, 0.29) is 11.7 Å². The van der Waals surface area contributed by atoms with Gasteiger partial charge in [0.05, 0.1) is 19.7 Å². The number of aromatic nitrogens is 2. The summed E-state index contributed by atoms with van der Waals surface area (Å²) in [5, 5.41) is 19.8. The summed E-state index contributed by atoms with van der Waals surface area (Å²) in [6.07, 6.45) is 9.18. The number of likely N-dealkylation sites (N-methyl/N-ethyl adjacent to an activating group) is 1. The van der Waals surface area contributed by atoms with E-state index in [4.69, 9.17) is 0 Å². The number of hydrogen-bond donors (Lipinski definition) is 4. The lowest BCUT2D eigenvalue weighted by atomic mass is 10.1. The van der Waals surface area contributed by atoms with Crippen LogP contribution in [0.1, 0.15) is 39.0 Å². The summed E-state index contributed by atoms with van der Waals surface area (Å²) in [4.78, 5) is 25.0. The highest BCUT2D eigenvalue weighted by molar-refractivity contribution is 5.76. The molecule has 0 radical (unpaired) electrons. The third-order valence-corrected chi connectivity index (χ3v) is 5.05. The third-order valence-electron chi connectivity index (χ3n) is 5.05. The lowest BCUT2D eigenvalue weighted by molar-refractivity contribution is -0.671. The van der Waals surface area contributed by atoms with Gasteiger partial charge in [-0.05, 0) is 39.8 Å². The molecule has 9 nitrogen and oxygen atoms in total. The highest BCUT2D eigenvalue weighted by atomic mass is 16.3. The predicted molar refractivity (Wildman–Crippen MR) is 122 cm³/mol. The van der Waals surface area contributed by atoms with Gasteiger partial charge in [0, 0.05) is 52.1 Å². The molecule has 1 heterocycles. The van der Waals surface area contributed by atoms with Crippen molar-refractivity contribution in [1.82, 2.24) is 25.4 Å². The highest BCUT2D eigenvalue weighted by Crippen LogP contribution is 2.00. The van der Waals surface area contributed by atoms with Crippen LogP contribution in [0.3, 0.4) is 0 Å². The van der Waals surface area contributed by atoms with Crippen LogP contribution in [0.2, 0.25) is 0 Å². The fourth-order valence-electron chi connectivity index (χ4n) is 3.32. The molecule has 0 saturated carbocycles. The average molecular weight is 440 g/mol. The summed E-state index contributed by atoms with van der Waals surface area (Å²) in [6.45, 7) is 7.40. The zero-order chi connectivity index (χ0) is 22.9. The van der Waals surface area contributed by atoms with Crippen molar-refractivity contribution in [3.05, 3.63) is 18.7 Å². The fourth-order valence-corrected chi connectivity index (χ4v) is 3.32. The van der Waals surface area contributed by atoms with E-state index < -0.39 is 6.10 Å². The standard InChI is InChI=1S/C22H42N6O3/c1-20(29)7-4-5-8-22(31)25-11-14-27(13-10-23-2)18-21(30)17-24-9-6-12-28-16-15-26(3)19-28/h15-16,19,21,23-24,30H,4-14,17-18H2,1-3H3/p+1. The molecule has 0 fully saturated rings. The van der Waals surface area contributed by atoms with Crippen LogP contribution < -0.4 is 20.5 Å². The van der Waals surface area contributed by atoms with Crippen LogP contribution in [-0.2, 0) is 23.2 Å². The van der Waals surface area contributed by atoms with Crippen molar-refractivity contribution in [2.24, 2.45) is 7.05 Å². The van der Waals surface area contributed by atoms with E-state index in [1.165, 1.54) is 0 Å². The Kier molecular flexibility index (Phi) is 14.8. The minimum absolute atomic E-state index is 0.0237. The number of Topliss-reactive ketones (excluding diaryl/α,β-unsaturated/α-hetero) is 1. The molecule has 178 valence electrons. The molecule has 31 heavy (non-hydrogen) atoms. The molecule has 0 aliphatic rings. The van der Waals surface area contributed by atoms with Crippen LogP contribution in [0.5, 0.6) is 0 Å². The number of aliphatic hydroxyl groups is 1. The molecule has 0 bridgehead atoms. The summed E-state index contributed by atoms with van der Waals surface area (Å²) in [5.74, 6) is 0.194. The molecule has 1 aromatic rings. The number of aryl methyl sites for hydroxylation is 2. The first-order valence-corrected chi connectivity index (χ1v) is 11.4. The van der Waals surface area contributed by atoms with Crippen LogP contribution in [0, 0.1) is 0 Å². The van der Waals surface area contributed by atoms with Gasteiger partial charge in [0.15, 0.2) is 0 Å². The zero-order valence-corrected chi connectivity index (χ0v) is 19.6. The summed E-state index contributed by atoms with van der Waals surface area (Å²) < 4.78 is 4.17. The van der Waals surface area contributed by atoms with E-state index in [9.17, 15) is 14.7 Å². The van der Waals surface area contributed by atoms with Gasteiger partial charge in [0.1, 0.15) is 18.2 Å². The SMILES string of the molecule is CNCCN(CCNC(=O)CCCCC(C)=O)CC(O)CNCCCn1cc[n+](C)c1. The van der Waals surface area contributed by atoms with Gasteiger partial charge in [-0.25, -0.2) is 9.13 Å². The molecule has 1 amide bonds. The lowest BCUT2D eigenvalue weighted by Gasteiger charge is -2.25. The van der Waals surface area contributed by atoms with Gasteiger partial charge >= 0.3 is 0 Å². The van der Waals surface area contributed by atoms with Gasteiger partial charge in [-0.1, -0.05) is 0 Å². The Morgan fingerprint density at radius 3 is 2.55 bits per heavy atom. The molecule has 0 aliphatic heterocycles. The maximum Gasteiger partial charge on any atom is 0.243 e. The molecule has 1 rings (SSSR count). The summed E-state index contributed by atoms with van der Waals surface area (Å²) in [5.41, 5.74) is 0. The predicted octanol–water partition coefficient (Wildman–Crippen LogP) is -0.560. The quantitative estimate of drug-likeness (QED) is 0.170. The second kappa shape index (κ2) is 16.8. The molecule has 1 unspecified atom stereocenters. The van der Waals surface area contributed by atoms with E-state index in [0.717, 1.165) is 45.4 Å². The molecule has 0 aliphatic carbocycles. The average Bonchev–Trinajstić information content (AvgIpc) is 3.14. The second-order valence-electron chi connectivity index (χ2n) is 8.19. The zero-order valence-electron chi connectivity index (χ0n) is 19.6. The maximum absolute atomic E-state index is 11.9. The first-order chi connectivity index (χ1) is 14.9. The third kappa shape index (κ3) is 14.8. The van der Waals surface area contributed by atoms with Crippen molar-refractivity contribution in [2.45, 2.75) is 51.7 Å². The van der Waals surface area contributed by atoms with Gasteiger partial charge in [-0.2, -0.15) is 0 Å². The van der Waals surface area contributed by atoms with Crippen molar-refractivity contribution < 1.29 is 19.3 Å². The number of carbonyl (C=O) groups is 2. The molecule has 4 N–H and O–H groups in total. The number of aliphatic hydroxyl groups excluding tert-OH is 1. The summed E-state index contributed by atoms with van der Waals surface area (Å²) in [7, 11) is 3.91. The summed E-state index contributed by atoms with van der Waals surface area (Å²) >= 11 is 0. The van der Waals surface area contributed by atoms with Crippen molar-refractivity contribution in [2.75, 3.05) is 52.9 Å². The van der Waals surface area contributed by atoms with Gasteiger partial charge in [-0.15, -0.1) is 0 Å². The molecule has 1 aromatic heterocycles. The largest absolute Gasteiger partial charge is 0.390 e. The number of hydrogen-bond acceptors (Lipinski definition) is 6. The smallest absolute Gasteiger partial charge is 0.243 e.